The van der Waals surface area contributed by atoms with E-state index in [0.29, 0.717) is 24.1 Å². The molecule has 21 heavy (non-hydrogen) atoms. The number of benzene rings is 2. The second-order valence-electron chi connectivity index (χ2n) is 4.57. The van der Waals surface area contributed by atoms with Crippen molar-refractivity contribution in [1.29, 1.82) is 0 Å². The van der Waals surface area contributed by atoms with E-state index < -0.39 is 4.92 Å². The van der Waals surface area contributed by atoms with Gasteiger partial charge in [0.15, 0.2) is 6.29 Å². The number of halogens is 1. The standard InChI is InChI=1S/C15H13FN2O3/c1-17(9-11-4-2-3-5-14(11)16)13-6-7-15(18(20)21)12(8-13)10-19/h2-8,10H,9H2,1H3. The number of hydrogen-bond acceptors (Lipinski definition) is 4. The fourth-order valence-electron chi connectivity index (χ4n) is 2.01. The van der Waals surface area contributed by atoms with Crippen LogP contribution in [-0.4, -0.2) is 18.3 Å². The van der Waals surface area contributed by atoms with Crippen molar-refractivity contribution in [2.75, 3.05) is 11.9 Å². The van der Waals surface area contributed by atoms with Gasteiger partial charge in [-0.25, -0.2) is 4.39 Å². The molecule has 0 amide bonds. The van der Waals surface area contributed by atoms with E-state index in [0.717, 1.165) is 0 Å². The predicted octanol–water partition coefficient (Wildman–Crippen LogP) is 3.18. The van der Waals surface area contributed by atoms with Crippen LogP contribution in [0.25, 0.3) is 0 Å². The Bertz CT molecular complexity index is 688. The van der Waals surface area contributed by atoms with Gasteiger partial charge in [0.05, 0.1) is 10.5 Å². The van der Waals surface area contributed by atoms with Crippen LogP contribution in [0, 0.1) is 15.9 Å². The average Bonchev–Trinajstić information content (AvgIpc) is 2.48. The summed E-state index contributed by atoms with van der Waals surface area (Å²) in [6.45, 7) is 0.294. The molecule has 0 radical (unpaired) electrons. The van der Waals surface area contributed by atoms with Gasteiger partial charge in [0.25, 0.3) is 5.69 Å². The first-order valence-electron chi connectivity index (χ1n) is 6.21. The Hall–Kier alpha value is -2.76. The van der Waals surface area contributed by atoms with Gasteiger partial charge in [0.2, 0.25) is 0 Å². The van der Waals surface area contributed by atoms with Gasteiger partial charge in [0.1, 0.15) is 5.82 Å². The monoisotopic (exact) mass is 288 g/mol. The Labute approximate surface area is 120 Å². The van der Waals surface area contributed by atoms with Crippen molar-refractivity contribution >= 4 is 17.7 Å². The third-order valence-corrected chi connectivity index (χ3v) is 3.14. The fourth-order valence-corrected chi connectivity index (χ4v) is 2.01. The number of carbonyl (C=O) groups is 1. The molecule has 0 heterocycles. The molecular formula is C15H13FN2O3. The van der Waals surface area contributed by atoms with Crippen LogP contribution in [-0.2, 0) is 6.54 Å². The highest BCUT2D eigenvalue weighted by atomic mass is 19.1. The molecule has 0 N–H and O–H groups in total. The molecule has 0 saturated carbocycles. The molecular weight excluding hydrogens is 275 g/mol. The first-order chi connectivity index (χ1) is 10.0. The Balaban J connectivity index is 2.28. The molecule has 0 aliphatic rings. The highest BCUT2D eigenvalue weighted by Crippen LogP contribution is 2.24. The largest absolute Gasteiger partial charge is 0.370 e. The van der Waals surface area contributed by atoms with Gasteiger partial charge < -0.3 is 4.90 Å². The van der Waals surface area contributed by atoms with Gasteiger partial charge in [0, 0.05) is 30.9 Å². The molecule has 0 aromatic heterocycles. The highest BCUT2D eigenvalue weighted by molar-refractivity contribution is 5.83. The van der Waals surface area contributed by atoms with Crippen LogP contribution in [0.5, 0.6) is 0 Å². The van der Waals surface area contributed by atoms with Crippen molar-refractivity contribution in [2.45, 2.75) is 6.54 Å². The minimum Gasteiger partial charge on any atom is -0.370 e. The topological polar surface area (TPSA) is 63.4 Å². The molecule has 0 bridgehead atoms. The van der Waals surface area contributed by atoms with Gasteiger partial charge in [-0.15, -0.1) is 0 Å². The Kier molecular flexibility index (Phi) is 4.27. The van der Waals surface area contributed by atoms with Crippen molar-refractivity contribution in [1.82, 2.24) is 0 Å². The van der Waals surface area contributed by atoms with Crippen LogP contribution in [0.3, 0.4) is 0 Å². The molecule has 6 heteroatoms. The number of rotatable bonds is 5. The number of hydrogen-bond donors (Lipinski definition) is 0. The van der Waals surface area contributed by atoms with E-state index in [2.05, 4.69) is 0 Å². The first-order valence-corrected chi connectivity index (χ1v) is 6.21. The van der Waals surface area contributed by atoms with E-state index in [1.807, 2.05) is 0 Å². The van der Waals surface area contributed by atoms with Crippen molar-refractivity contribution in [3.05, 3.63) is 69.5 Å². The number of nitro benzene ring substituents is 1. The quantitative estimate of drug-likeness (QED) is 0.481. The molecule has 0 unspecified atom stereocenters. The zero-order chi connectivity index (χ0) is 15.4. The van der Waals surface area contributed by atoms with Crippen LogP contribution in [0.4, 0.5) is 15.8 Å². The van der Waals surface area contributed by atoms with Crippen LogP contribution in [0.2, 0.25) is 0 Å². The van der Waals surface area contributed by atoms with Crippen molar-refractivity contribution in [2.24, 2.45) is 0 Å². The van der Waals surface area contributed by atoms with Crippen LogP contribution in [0.15, 0.2) is 42.5 Å². The summed E-state index contributed by atoms with van der Waals surface area (Å²) < 4.78 is 13.6. The average molecular weight is 288 g/mol. The lowest BCUT2D eigenvalue weighted by molar-refractivity contribution is -0.385. The summed E-state index contributed by atoms with van der Waals surface area (Å²) in [6, 6.07) is 10.6. The fraction of sp³-hybridized carbons (Fsp3) is 0.133. The highest BCUT2D eigenvalue weighted by Gasteiger charge is 2.15. The maximum absolute atomic E-state index is 13.6. The summed E-state index contributed by atoms with van der Waals surface area (Å²) in [5.74, 6) is -0.318. The molecule has 2 rings (SSSR count). The number of carbonyl (C=O) groups excluding carboxylic acids is 1. The lowest BCUT2D eigenvalue weighted by atomic mass is 10.1. The van der Waals surface area contributed by atoms with E-state index in [1.54, 1.807) is 30.1 Å². The van der Waals surface area contributed by atoms with Crippen LogP contribution < -0.4 is 4.90 Å². The Morgan fingerprint density at radius 1 is 1.29 bits per heavy atom. The molecule has 0 saturated heterocycles. The van der Waals surface area contributed by atoms with Gasteiger partial charge >= 0.3 is 0 Å². The van der Waals surface area contributed by atoms with Gasteiger partial charge in [-0.3, -0.25) is 14.9 Å². The third-order valence-electron chi connectivity index (χ3n) is 3.14. The minimum absolute atomic E-state index is 0.00196. The molecule has 108 valence electrons. The summed E-state index contributed by atoms with van der Waals surface area (Å²) in [6.07, 6.45) is 0.443. The summed E-state index contributed by atoms with van der Waals surface area (Å²) in [5, 5.41) is 10.8. The molecule has 2 aromatic rings. The van der Waals surface area contributed by atoms with Crippen molar-refractivity contribution in [3.63, 3.8) is 0 Å². The van der Waals surface area contributed by atoms with E-state index in [9.17, 15) is 19.3 Å². The van der Waals surface area contributed by atoms with Gasteiger partial charge in [-0.2, -0.15) is 0 Å². The molecule has 0 aliphatic carbocycles. The number of anilines is 1. The van der Waals surface area contributed by atoms with Gasteiger partial charge in [-0.05, 0) is 18.2 Å². The zero-order valence-corrected chi connectivity index (χ0v) is 11.3. The van der Waals surface area contributed by atoms with Crippen molar-refractivity contribution in [3.8, 4) is 0 Å². The summed E-state index contributed by atoms with van der Waals surface area (Å²) in [5.41, 5.74) is 0.864. The second-order valence-corrected chi connectivity index (χ2v) is 4.57. The maximum Gasteiger partial charge on any atom is 0.280 e. The smallest absolute Gasteiger partial charge is 0.280 e. The summed E-state index contributed by atoms with van der Waals surface area (Å²) in [7, 11) is 1.72. The zero-order valence-electron chi connectivity index (χ0n) is 11.3. The molecule has 0 aliphatic heterocycles. The lowest BCUT2D eigenvalue weighted by Crippen LogP contribution is -2.17. The van der Waals surface area contributed by atoms with Crippen LogP contribution in [0.1, 0.15) is 15.9 Å². The van der Waals surface area contributed by atoms with Crippen LogP contribution >= 0.6 is 0 Å². The van der Waals surface area contributed by atoms with Crippen molar-refractivity contribution < 1.29 is 14.1 Å². The number of nitro groups is 1. The molecule has 0 spiro atoms. The number of aldehydes is 1. The van der Waals surface area contributed by atoms with E-state index >= 15 is 0 Å². The second kappa shape index (κ2) is 6.13. The van der Waals surface area contributed by atoms with E-state index in [1.165, 1.54) is 24.3 Å². The van der Waals surface area contributed by atoms with Gasteiger partial charge in [-0.1, -0.05) is 18.2 Å². The Morgan fingerprint density at radius 3 is 2.62 bits per heavy atom. The SMILES string of the molecule is CN(Cc1ccccc1F)c1ccc([N+](=O)[O-])c(C=O)c1. The third kappa shape index (κ3) is 3.22. The molecule has 0 fully saturated rings. The predicted molar refractivity (Wildman–Crippen MR) is 77.0 cm³/mol. The van der Waals surface area contributed by atoms with E-state index in [-0.39, 0.29) is 17.1 Å². The molecule has 2 aromatic carbocycles. The minimum atomic E-state index is -0.607. The summed E-state index contributed by atoms with van der Waals surface area (Å²) in [4.78, 5) is 22.8. The molecule has 5 nitrogen and oxygen atoms in total. The first kappa shape index (κ1) is 14.6. The Morgan fingerprint density at radius 2 is 2.00 bits per heavy atom. The van der Waals surface area contributed by atoms with E-state index in [4.69, 9.17) is 0 Å². The number of nitrogens with zero attached hydrogens (tertiary/aromatic N) is 2. The maximum atomic E-state index is 13.6. The molecule has 0 atom stereocenters. The summed E-state index contributed by atoms with van der Waals surface area (Å²) >= 11 is 0. The lowest BCUT2D eigenvalue weighted by Gasteiger charge is -2.20. The normalized spacial score (nSPS) is 10.2.